The molecule has 0 aromatic carbocycles. The lowest BCUT2D eigenvalue weighted by Gasteiger charge is -2.45. The molecular weight excluding hydrogens is 292 g/mol. The molecule has 0 amide bonds. The topological polar surface area (TPSA) is 32.3 Å². The third-order valence-electron chi connectivity index (χ3n) is 4.24. The molecule has 1 aromatic rings. The first-order valence-corrected chi connectivity index (χ1v) is 7.46. The number of aromatic nitrogens is 2. The van der Waals surface area contributed by atoms with Gasteiger partial charge in [-0.1, -0.05) is 0 Å². The van der Waals surface area contributed by atoms with Crippen molar-refractivity contribution in [3.05, 3.63) is 16.9 Å². The summed E-state index contributed by atoms with van der Waals surface area (Å²) in [5.41, 5.74) is 0. The number of piperidine rings is 2. The second-order valence-corrected chi connectivity index (χ2v) is 6.30. The van der Waals surface area contributed by atoms with E-state index in [1.165, 1.54) is 25.8 Å². The van der Waals surface area contributed by atoms with E-state index in [-0.39, 0.29) is 0 Å². The fraction of sp³-hybridized carbons (Fsp3) is 0.692. The summed E-state index contributed by atoms with van der Waals surface area (Å²) in [6.07, 6.45) is 7.58. The van der Waals surface area contributed by atoms with E-state index in [4.69, 9.17) is 0 Å². The number of likely N-dealkylation sites (tertiary alicyclic amines) is 1. The number of halogens is 1. The normalized spacial score (nSPS) is 29.1. The summed E-state index contributed by atoms with van der Waals surface area (Å²) in [4.78, 5) is 13.7. The molecule has 0 saturated carbocycles. The lowest BCUT2D eigenvalue weighted by atomic mass is 9.84. The van der Waals surface area contributed by atoms with Gasteiger partial charge in [-0.15, -0.1) is 0 Å². The highest BCUT2D eigenvalue weighted by Gasteiger charge is 2.34. The largest absolute Gasteiger partial charge is 0.340 e. The molecule has 2 unspecified atom stereocenters. The van der Waals surface area contributed by atoms with Crippen LogP contribution in [0.4, 0.5) is 5.95 Å². The summed E-state index contributed by atoms with van der Waals surface area (Å²) in [6, 6.07) is 0.769. The van der Waals surface area contributed by atoms with E-state index in [1.807, 2.05) is 12.4 Å². The molecule has 98 valence electrons. The summed E-state index contributed by atoms with van der Waals surface area (Å²) >= 11 is 3.38. The Morgan fingerprint density at radius 1 is 1.22 bits per heavy atom. The molecule has 2 aliphatic heterocycles. The molecule has 2 fully saturated rings. The van der Waals surface area contributed by atoms with E-state index >= 15 is 0 Å². The molecule has 0 bridgehead atoms. The van der Waals surface area contributed by atoms with Crippen molar-refractivity contribution in [2.45, 2.75) is 25.3 Å². The van der Waals surface area contributed by atoms with Crippen molar-refractivity contribution in [2.24, 2.45) is 5.92 Å². The smallest absolute Gasteiger partial charge is 0.225 e. The third-order valence-corrected chi connectivity index (χ3v) is 4.64. The number of fused-ring (bicyclic) bond motifs is 1. The van der Waals surface area contributed by atoms with Gasteiger partial charge in [0, 0.05) is 31.5 Å². The first-order valence-electron chi connectivity index (χ1n) is 6.67. The standard InChI is InChI=1S/C13H19BrN4/c1-17-5-2-3-10-9-18(6-4-12(10)17)13-15-7-11(14)8-16-13/h7-8,10,12H,2-6,9H2,1H3. The van der Waals surface area contributed by atoms with Crippen LogP contribution in [0.5, 0.6) is 0 Å². The molecule has 18 heavy (non-hydrogen) atoms. The van der Waals surface area contributed by atoms with E-state index in [1.54, 1.807) is 0 Å². The van der Waals surface area contributed by atoms with E-state index in [2.05, 4.69) is 42.7 Å². The molecule has 0 aliphatic carbocycles. The summed E-state index contributed by atoms with van der Waals surface area (Å²) < 4.78 is 0.943. The van der Waals surface area contributed by atoms with Gasteiger partial charge in [0.25, 0.3) is 0 Å². The Hall–Kier alpha value is -0.680. The molecule has 3 rings (SSSR count). The van der Waals surface area contributed by atoms with Crippen LogP contribution < -0.4 is 4.90 Å². The highest BCUT2D eigenvalue weighted by molar-refractivity contribution is 9.10. The molecule has 2 saturated heterocycles. The Kier molecular flexibility index (Phi) is 3.52. The van der Waals surface area contributed by atoms with Crippen molar-refractivity contribution in [2.75, 3.05) is 31.6 Å². The monoisotopic (exact) mass is 310 g/mol. The zero-order valence-electron chi connectivity index (χ0n) is 10.7. The van der Waals surface area contributed by atoms with Crippen LogP contribution in [0.1, 0.15) is 19.3 Å². The van der Waals surface area contributed by atoms with Gasteiger partial charge in [0.2, 0.25) is 5.95 Å². The van der Waals surface area contributed by atoms with Crippen LogP contribution in [0.3, 0.4) is 0 Å². The van der Waals surface area contributed by atoms with Gasteiger partial charge in [0.1, 0.15) is 0 Å². The number of nitrogens with zero attached hydrogens (tertiary/aromatic N) is 4. The van der Waals surface area contributed by atoms with E-state index in [9.17, 15) is 0 Å². The van der Waals surface area contributed by atoms with Gasteiger partial charge in [0.15, 0.2) is 0 Å². The zero-order valence-corrected chi connectivity index (χ0v) is 12.3. The van der Waals surface area contributed by atoms with Crippen LogP contribution in [0.25, 0.3) is 0 Å². The first kappa shape index (κ1) is 12.4. The maximum Gasteiger partial charge on any atom is 0.225 e. The van der Waals surface area contributed by atoms with Crippen LogP contribution in [0, 0.1) is 5.92 Å². The maximum absolute atomic E-state index is 4.41. The van der Waals surface area contributed by atoms with E-state index in [0.717, 1.165) is 35.5 Å². The summed E-state index contributed by atoms with van der Waals surface area (Å²) in [7, 11) is 2.27. The van der Waals surface area contributed by atoms with Gasteiger partial charge in [-0.3, -0.25) is 0 Å². The van der Waals surface area contributed by atoms with Crippen LogP contribution in [0.2, 0.25) is 0 Å². The number of hydrogen-bond donors (Lipinski definition) is 0. The maximum atomic E-state index is 4.41. The number of anilines is 1. The lowest BCUT2D eigenvalue weighted by Crippen LogP contribution is -2.53. The van der Waals surface area contributed by atoms with Crippen molar-refractivity contribution in [1.29, 1.82) is 0 Å². The Morgan fingerprint density at radius 3 is 2.78 bits per heavy atom. The second-order valence-electron chi connectivity index (χ2n) is 5.39. The van der Waals surface area contributed by atoms with Crippen molar-refractivity contribution in [3.63, 3.8) is 0 Å². The highest BCUT2D eigenvalue weighted by atomic mass is 79.9. The molecule has 3 heterocycles. The molecule has 4 nitrogen and oxygen atoms in total. The minimum absolute atomic E-state index is 0.769. The SMILES string of the molecule is CN1CCCC2CN(c3ncc(Br)cn3)CCC21. The van der Waals surface area contributed by atoms with Crippen molar-refractivity contribution < 1.29 is 0 Å². The van der Waals surface area contributed by atoms with Crippen LogP contribution in [-0.2, 0) is 0 Å². The van der Waals surface area contributed by atoms with E-state index < -0.39 is 0 Å². The predicted octanol–water partition coefficient (Wildman–Crippen LogP) is 2.16. The van der Waals surface area contributed by atoms with Gasteiger partial charge < -0.3 is 9.80 Å². The lowest BCUT2D eigenvalue weighted by molar-refractivity contribution is 0.102. The first-order chi connectivity index (χ1) is 8.74. The average molecular weight is 311 g/mol. The van der Waals surface area contributed by atoms with Gasteiger partial charge in [-0.2, -0.15) is 0 Å². The zero-order chi connectivity index (χ0) is 12.5. The second kappa shape index (κ2) is 5.13. The highest BCUT2D eigenvalue weighted by Crippen LogP contribution is 2.30. The Morgan fingerprint density at radius 2 is 2.00 bits per heavy atom. The fourth-order valence-electron chi connectivity index (χ4n) is 3.30. The van der Waals surface area contributed by atoms with Crippen LogP contribution >= 0.6 is 15.9 Å². The van der Waals surface area contributed by atoms with Crippen molar-refractivity contribution in [3.8, 4) is 0 Å². The number of hydrogen-bond acceptors (Lipinski definition) is 4. The third kappa shape index (κ3) is 2.38. The molecule has 0 radical (unpaired) electrons. The molecule has 0 spiro atoms. The summed E-state index contributed by atoms with van der Waals surface area (Å²) in [6.45, 7) is 3.44. The quantitative estimate of drug-likeness (QED) is 0.795. The Bertz CT molecular complexity index is 408. The summed E-state index contributed by atoms with van der Waals surface area (Å²) in [5.74, 6) is 1.66. The van der Waals surface area contributed by atoms with Gasteiger partial charge in [-0.25, -0.2) is 9.97 Å². The van der Waals surface area contributed by atoms with Gasteiger partial charge in [-0.05, 0) is 54.7 Å². The molecule has 0 N–H and O–H groups in total. The van der Waals surface area contributed by atoms with Gasteiger partial charge >= 0.3 is 0 Å². The molecule has 2 atom stereocenters. The number of rotatable bonds is 1. The Labute approximate surface area is 117 Å². The molecule has 1 aromatic heterocycles. The Balaban J connectivity index is 1.72. The molecular formula is C13H19BrN4. The minimum atomic E-state index is 0.769. The van der Waals surface area contributed by atoms with Crippen LogP contribution in [0.15, 0.2) is 16.9 Å². The van der Waals surface area contributed by atoms with Crippen molar-refractivity contribution >= 4 is 21.9 Å². The van der Waals surface area contributed by atoms with E-state index in [0.29, 0.717) is 0 Å². The molecule has 2 aliphatic rings. The summed E-state index contributed by atoms with van der Waals surface area (Å²) in [5, 5.41) is 0. The average Bonchev–Trinajstić information content (AvgIpc) is 2.39. The van der Waals surface area contributed by atoms with Crippen molar-refractivity contribution in [1.82, 2.24) is 14.9 Å². The van der Waals surface area contributed by atoms with Crippen LogP contribution in [-0.4, -0.2) is 47.6 Å². The minimum Gasteiger partial charge on any atom is -0.340 e. The molecule has 5 heteroatoms. The predicted molar refractivity (Wildman–Crippen MR) is 75.7 cm³/mol. The fourth-order valence-corrected chi connectivity index (χ4v) is 3.51. The van der Waals surface area contributed by atoms with Gasteiger partial charge in [0.05, 0.1) is 4.47 Å².